The van der Waals surface area contributed by atoms with Gasteiger partial charge in [-0.15, -0.1) is 5.10 Å². The largest absolute Gasteiger partial charge is 0.481 e. The van der Waals surface area contributed by atoms with Crippen LogP contribution in [0.15, 0.2) is 48.5 Å². The molecule has 7 heteroatoms. The number of aliphatic carboxylic acids is 1. The third-order valence-corrected chi connectivity index (χ3v) is 4.80. The van der Waals surface area contributed by atoms with Crippen LogP contribution < -0.4 is 5.32 Å². The standard InChI is InChI=1S/C22H24N4O3/c1-13(2)18-7-5-6-8-19(18)26-15(4)23-20(25-26)21(27)24-17-11-9-16(10-12-17)14(3)22(28)29/h5-14H,1-4H3,(H,24,27)(H,28,29). The molecule has 1 heterocycles. The molecule has 0 spiro atoms. The predicted octanol–water partition coefficient (Wildman–Crippen LogP) is 4.14. The predicted molar refractivity (Wildman–Crippen MR) is 111 cm³/mol. The van der Waals surface area contributed by atoms with Crippen molar-refractivity contribution in [3.05, 3.63) is 71.3 Å². The number of aryl methyl sites for hydroxylation is 1. The summed E-state index contributed by atoms with van der Waals surface area (Å²) in [6, 6.07) is 14.6. The van der Waals surface area contributed by atoms with Gasteiger partial charge in [0.1, 0.15) is 5.82 Å². The smallest absolute Gasteiger partial charge is 0.310 e. The number of anilines is 1. The number of hydrogen-bond donors (Lipinski definition) is 2. The highest BCUT2D eigenvalue weighted by molar-refractivity contribution is 6.01. The lowest BCUT2D eigenvalue weighted by atomic mass is 10.0. The fraction of sp³-hybridized carbons (Fsp3) is 0.273. The SMILES string of the molecule is Cc1nc(C(=O)Nc2ccc(C(C)C(=O)O)cc2)nn1-c1ccccc1C(C)C. The van der Waals surface area contributed by atoms with Crippen LogP contribution in [0.5, 0.6) is 0 Å². The van der Waals surface area contributed by atoms with Gasteiger partial charge in [0.2, 0.25) is 5.82 Å². The lowest BCUT2D eigenvalue weighted by molar-refractivity contribution is -0.138. The fourth-order valence-corrected chi connectivity index (χ4v) is 3.07. The van der Waals surface area contributed by atoms with Crippen LogP contribution in [0.25, 0.3) is 5.69 Å². The van der Waals surface area contributed by atoms with E-state index in [0.717, 1.165) is 11.3 Å². The average molecular weight is 392 g/mol. The van der Waals surface area contributed by atoms with E-state index in [2.05, 4.69) is 29.2 Å². The number of aromatic nitrogens is 3. The molecular formula is C22H24N4O3. The summed E-state index contributed by atoms with van der Waals surface area (Å²) >= 11 is 0. The van der Waals surface area contributed by atoms with Gasteiger partial charge in [0, 0.05) is 5.69 Å². The summed E-state index contributed by atoms with van der Waals surface area (Å²) < 4.78 is 1.68. The zero-order valence-corrected chi connectivity index (χ0v) is 16.9. The number of para-hydroxylation sites is 1. The fourth-order valence-electron chi connectivity index (χ4n) is 3.07. The van der Waals surface area contributed by atoms with Crippen molar-refractivity contribution in [2.75, 3.05) is 5.32 Å². The molecule has 7 nitrogen and oxygen atoms in total. The molecule has 0 aliphatic carbocycles. The molecule has 0 saturated heterocycles. The minimum atomic E-state index is -0.895. The zero-order valence-electron chi connectivity index (χ0n) is 16.9. The number of carbonyl (C=O) groups excluding carboxylic acids is 1. The van der Waals surface area contributed by atoms with Gasteiger partial charge in [0.25, 0.3) is 5.91 Å². The van der Waals surface area contributed by atoms with Gasteiger partial charge in [-0.1, -0.05) is 44.2 Å². The second kappa shape index (κ2) is 8.26. The molecule has 2 N–H and O–H groups in total. The Labute approximate surface area is 169 Å². The van der Waals surface area contributed by atoms with E-state index in [0.29, 0.717) is 23.0 Å². The van der Waals surface area contributed by atoms with Crippen LogP contribution in [0, 0.1) is 6.92 Å². The molecule has 150 valence electrons. The van der Waals surface area contributed by atoms with E-state index in [1.165, 1.54) is 0 Å². The van der Waals surface area contributed by atoms with Crippen molar-refractivity contribution in [3.63, 3.8) is 0 Å². The number of nitrogens with one attached hydrogen (secondary N) is 1. The molecule has 1 amide bonds. The molecular weight excluding hydrogens is 368 g/mol. The molecule has 1 atom stereocenters. The highest BCUT2D eigenvalue weighted by Gasteiger charge is 2.18. The Morgan fingerprint density at radius 2 is 1.69 bits per heavy atom. The average Bonchev–Trinajstić information content (AvgIpc) is 3.09. The minimum absolute atomic E-state index is 0.0732. The first-order valence-corrected chi connectivity index (χ1v) is 9.45. The maximum Gasteiger partial charge on any atom is 0.310 e. The number of carboxylic acids is 1. The van der Waals surface area contributed by atoms with E-state index in [4.69, 9.17) is 5.11 Å². The molecule has 1 unspecified atom stereocenters. The normalized spacial score (nSPS) is 12.0. The summed E-state index contributed by atoms with van der Waals surface area (Å²) in [7, 11) is 0. The second-order valence-corrected chi connectivity index (χ2v) is 7.24. The van der Waals surface area contributed by atoms with Crippen LogP contribution in [0.1, 0.15) is 60.2 Å². The Hall–Kier alpha value is -3.48. The highest BCUT2D eigenvalue weighted by Crippen LogP contribution is 2.23. The summed E-state index contributed by atoms with van der Waals surface area (Å²) in [5.41, 5.74) is 3.24. The highest BCUT2D eigenvalue weighted by atomic mass is 16.4. The monoisotopic (exact) mass is 392 g/mol. The van der Waals surface area contributed by atoms with Crippen LogP contribution in [0.4, 0.5) is 5.69 Å². The summed E-state index contributed by atoms with van der Waals surface area (Å²) in [6.07, 6.45) is 0. The van der Waals surface area contributed by atoms with E-state index >= 15 is 0 Å². The topological polar surface area (TPSA) is 97.1 Å². The summed E-state index contributed by atoms with van der Waals surface area (Å²) in [6.45, 7) is 7.63. The maximum absolute atomic E-state index is 12.6. The number of amides is 1. The molecule has 0 aliphatic heterocycles. The lowest BCUT2D eigenvalue weighted by Gasteiger charge is -2.12. The lowest BCUT2D eigenvalue weighted by Crippen LogP contribution is -2.15. The van der Waals surface area contributed by atoms with Gasteiger partial charge in [-0.05, 0) is 49.1 Å². The molecule has 3 aromatic rings. The zero-order chi connectivity index (χ0) is 21.1. The molecule has 0 bridgehead atoms. The minimum Gasteiger partial charge on any atom is -0.481 e. The van der Waals surface area contributed by atoms with Crippen LogP contribution >= 0.6 is 0 Å². The second-order valence-electron chi connectivity index (χ2n) is 7.24. The van der Waals surface area contributed by atoms with Crippen molar-refractivity contribution >= 4 is 17.6 Å². The first kappa shape index (κ1) is 20.3. The third kappa shape index (κ3) is 4.34. The van der Waals surface area contributed by atoms with Crippen molar-refractivity contribution < 1.29 is 14.7 Å². The van der Waals surface area contributed by atoms with Crippen LogP contribution in [-0.4, -0.2) is 31.7 Å². The molecule has 0 fully saturated rings. The summed E-state index contributed by atoms with van der Waals surface area (Å²) in [5, 5.41) is 16.2. The number of carbonyl (C=O) groups is 2. The summed E-state index contributed by atoms with van der Waals surface area (Å²) in [4.78, 5) is 28.0. The van der Waals surface area contributed by atoms with Crippen LogP contribution in [0.2, 0.25) is 0 Å². The molecule has 3 rings (SSSR count). The molecule has 0 radical (unpaired) electrons. The molecule has 29 heavy (non-hydrogen) atoms. The van der Waals surface area contributed by atoms with Gasteiger partial charge in [0.15, 0.2) is 0 Å². The Morgan fingerprint density at radius 3 is 2.31 bits per heavy atom. The number of rotatable bonds is 6. The van der Waals surface area contributed by atoms with Gasteiger partial charge in [-0.3, -0.25) is 9.59 Å². The Kier molecular flexibility index (Phi) is 5.77. The summed E-state index contributed by atoms with van der Waals surface area (Å²) in [5.74, 6) is -0.931. The van der Waals surface area contributed by atoms with Gasteiger partial charge in [-0.25, -0.2) is 9.67 Å². The molecule has 0 saturated carbocycles. The van der Waals surface area contributed by atoms with E-state index in [1.54, 1.807) is 35.9 Å². The van der Waals surface area contributed by atoms with Crippen LogP contribution in [-0.2, 0) is 4.79 Å². The van der Waals surface area contributed by atoms with E-state index in [9.17, 15) is 9.59 Å². The molecule has 2 aromatic carbocycles. The van der Waals surface area contributed by atoms with Gasteiger partial charge >= 0.3 is 5.97 Å². The van der Waals surface area contributed by atoms with Crippen molar-refractivity contribution in [1.82, 2.24) is 14.8 Å². The number of hydrogen-bond acceptors (Lipinski definition) is 4. The van der Waals surface area contributed by atoms with Gasteiger partial charge in [0.05, 0.1) is 11.6 Å². The number of nitrogens with zero attached hydrogens (tertiary/aromatic N) is 3. The van der Waals surface area contributed by atoms with Gasteiger partial charge < -0.3 is 10.4 Å². The van der Waals surface area contributed by atoms with Crippen molar-refractivity contribution in [2.24, 2.45) is 0 Å². The van der Waals surface area contributed by atoms with Gasteiger partial charge in [-0.2, -0.15) is 0 Å². The number of benzene rings is 2. The van der Waals surface area contributed by atoms with E-state index < -0.39 is 17.8 Å². The number of carboxylic acid groups (broad SMARTS) is 1. The first-order chi connectivity index (χ1) is 13.8. The van der Waals surface area contributed by atoms with Crippen molar-refractivity contribution in [3.8, 4) is 5.69 Å². The van der Waals surface area contributed by atoms with Crippen molar-refractivity contribution in [2.45, 2.75) is 39.5 Å². The van der Waals surface area contributed by atoms with E-state index in [-0.39, 0.29) is 5.82 Å². The Bertz CT molecular complexity index is 1040. The maximum atomic E-state index is 12.6. The quantitative estimate of drug-likeness (QED) is 0.657. The van der Waals surface area contributed by atoms with Crippen molar-refractivity contribution in [1.29, 1.82) is 0 Å². The van der Waals surface area contributed by atoms with Crippen LogP contribution in [0.3, 0.4) is 0 Å². The Balaban J connectivity index is 1.81. The Morgan fingerprint density at radius 1 is 1.03 bits per heavy atom. The third-order valence-electron chi connectivity index (χ3n) is 4.80. The molecule has 0 aliphatic rings. The molecule has 1 aromatic heterocycles. The first-order valence-electron chi connectivity index (χ1n) is 9.45. The van der Waals surface area contributed by atoms with E-state index in [1.807, 2.05) is 31.2 Å².